The zero-order chi connectivity index (χ0) is 14.1. The number of carbonyl (C=O) groups excluding carboxylic acids is 1. The summed E-state index contributed by atoms with van der Waals surface area (Å²) in [6.07, 6.45) is 0.780. The van der Waals surface area contributed by atoms with Gasteiger partial charge >= 0.3 is 0 Å². The van der Waals surface area contributed by atoms with E-state index in [4.69, 9.17) is 5.73 Å². The van der Waals surface area contributed by atoms with Crippen LogP contribution in [0, 0.1) is 0 Å². The molecule has 20 heavy (non-hydrogen) atoms. The molecule has 2 aromatic heterocycles. The van der Waals surface area contributed by atoms with Crippen molar-refractivity contribution in [1.82, 2.24) is 20.2 Å². The molecule has 1 aliphatic heterocycles. The quantitative estimate of drug-likeness (QED) is 0.881. The fourth-order valence-corrected chi connectivity index (χ4v) is 3.36. The Morgan fingerprint density at radius 3 is 3.20 bits per heavy atom. The minimum Gasteiger partial charge on any atom is -0.383 e. The summed E-state index contributed by atoms with van der Waals surface area (Å²) in [6.45, 7) is 4.06. The Labute approximate surface area is 121 Å². The summed E-state index contributed by atoms with van der Waals surface area (Å²) in [4.78, 5) is 23.8. The van der Waals surface area contributed by atoms with Crippen LogP contribution < -0.4 is 11.1 Å². The van der Waals surface area contributed by atoms with Gasteiger partial charge in [0.05, 0.1) is 18.0 Å². The van der Waals surface area contributed by atoms with Crippen LogP contribution in [0.15, 0.2) is 11.4 Å². The number of rotatable bonds is 3. The number of aromatic nitrogens is 2. The number of nitrogens with two attached hydrogens (primary N) is 1. The zero-order valence-electron chi connectivity index (χ0n) is 11.3. The molecule has 2 aromatic rings. The molecule has 1 amide bonds. The molecule has 6 nitrogen and oxygen atoms in total. The molecule has 7 heteroatoms. The molecule has 3 heterocycles. The predicted molar refractivity (Wildman–Crippen MR) is 79.3 cm³/mol. The third-order valence-corrected chi connectivity index (χ3v) is 4.38. The number of thiophene rings is 1. The number of fused-ring (bicyclic) bond motifs is 1. The SMILES string of the molecule is CCC1C(=O)NCCN1Cc1nc(N)c2ccsc2n1. The molecule has 0 radical (unpaired) electrons. The Balaban J connectivity index is 1.86. The lowest BCUT2D eigenvalue weighted by molar-refractivity contribution is -0.129. The second-order valence-electron chi connectivity index (χ2n) is 4.85. The number of nitrogen functional groups attached to an aromatic ring is 1. The average molecular weight is 291 g/mol. The standard InChI is InChI=1S/C13H17N5OS/c1-2-9-12(19)15-4-5-18(9)7-10-16-11(14)8-3-6-20-13(8)17-10/h3,6,9H,2,4-5,7H2,1H3,(H,15,19)(H2,14,16,17). The molecule has 106 valence electrons. The molecule has 1 aliphatic rings. The average Bonchev–Trinajstić information content (AvgIpc) is 2.88. The third kappa shape index (κ3) is 2.34. The van der Waals surface area contributed by atoms with Gasteiger partial charge in [-0.15, -0.1) is 11.3 Å². The first-order chi connectivity index (χ1) is 9.69. The van der Waals surface area contributed by atoms with Gasteiger partial charge in [-0.05, 0) is 17.9 Å². The van der Waals surface area contributed by atoms with E-state index < -0.39 is 0 Å². The summed E-state index contributed by atoms with van der Waals surface area (Å²) >= 11 is 1.56. The highest BCUT2D eigenvalue weighted by molar-refractivity contribution is 7.16. The number of hydrogen-bond acceptors (Lipinski definition) is 6. The topological polar surface area (TPSA) is 84.1 Å². The minimum absolute atomic E-state index is 0.0870. The second kappa shape index (κ2) is 5.34. The first-order valence-electron chi connectivity index (χ1n) is 6.70. The van der Waals surface area contributed by atoms with Gasteiger partial charge in [-0.25, -0.2) is 9.97 Å². The van der Waals surface area contributed by atoms with Crippen LogP contribution in [0.3, 0.4) is 0 Å². The van der Waals surface area contributed by atoms with Crippen LogP contribution in [-0.4, -0.2) is 39.9 Å². The summed E-state index contributed by atoms with van der Waals surface area (Å²) in [6, 6.07) is 1.83. The molecular weight excluding hydrogens is 274 g/mol. The maximum Gasteiger partial charge on any atom is 0.237 e. The second-order valence-corrected chi connectivity index (χ2v) is 5.74. The van der Waals surface area contributed by atoms with Crippen LogP contribution in [0.2, 0.25) is 0 Å². The van der Waals surface area contributed by atoms with Crippen molar-refractivity contribution in [2.75, 3.05) is 18.8 Å². The minimum atomic E-state index is -0.104. The summed E-state index contributed by atoms with van der Waals surface area (Å²) in [5.41, 5.74) is 5.96. The monoisotopic (exact) mass is 291 g/mol. The maximum absolute atomic E-state index is 11.8. The molecule has 0 aliphatic carbocycles. The van der Waals surface area contributed by atoms with Crippen molar-refractivity contribution in [1.29, 1.82) is 0 Å². The highest BCUT2D eigenvalue weighted by Crippen LogP contribution is 2.23. The number of carbonyl (C=O) groups is 1. The van der Waals surface area contributed by atoms with Gasteiger partial charge in [0.25, 0.3) is 0 Å². The van der Waals surface area contributed by atoms with E-state index in [1.165, 1.54) is 0 Å². The van der Waals surface area contributed by atoms with Gasteiger partial charge in [0.1, 0.15) is 16.5 Å². The summed E-state index contributed by atoms with van der Waals surface area (Å²) < 4.78 is 0. The lowest BCUT2D eigenvalue weighted by Crippen LogP contribution is -2.54. The van der Waals surface area contributed by atoms with Crippen LogP contribution in [0.25, 0.3) is 10.2 Å². The normalized spacial score (nSPS) is 20.2. The van der Waals surface area contributed by atoms with Crippen molar-refractivity contribution in [3.8, 4) is 0 Å². The van der Waals surface area contributed by atoms with Crippen molar-refractivity contribution >= 4 is 33.3 Å². The first kappa shape index (κ1) is 13.3. The number of anilines is 1. The molecule has 0 bridgehead atoms. The highest BCUT2D eigenvalue weighted by Gasteiger charge is 2.28. The number of nitrogens with one attached hydrogen (secondary N) is 1. The van der Waals surface area contributed by atoms with Gasteiger partial charge in [-0.2, -0.15) is 0 Å². The lowest BCUT2D eigenvalue weighted by atomic mass is 10.1. The fourth-order valence-electron chi connectivity index (χ4n) is 2.57. The van der Waals surface area contributed by atoms with E-state index in [1.54, 1.807) is 11.3 Å². The Hall–Kier alpha value is -1.73. The smallest absolute Gasteiger partial charge is 0.237 e. The number of piperazine rings is 1. The van der Waals surface area contributed by atoms with Crippen LogP contribution in [-0.2, 0) is 11.3 Å². The van der Waals surface area contributed by atoms with Crippen molar-refractivity contribution in [2.24, 2.45) is 0 Å². The Kier molecular flexibility index (Phi) is 3.54. The van der Waals surface area contributed by atoms with Gasteiger partial charge in [0.2, 0.25) is 5.91 Å². The van der Waals surface area contributed by atoms with Crippen LogP contribution in [0.5, 0.6) is 0 Å². The van der Waals surface area contributed by atoms with Gasteiger partial charge in [-0.3, -0.25) is 9.69 Å². The molecule has 0 saturated carbocycles. The van der Waals surface area contributed by atoms with Gasteiger partial charge in [0.15, 0.2) is 0 Å². The molecule has 1 saturated heterocycles. The van der Waals surface area contributed by atoms with Crippen molar-refractivity contribution in [2.45, 2.75) is 25.9 Å². The highest BCUT2D eigenvalue weighted by atomic mass is 32.1. The Bertz CT molecular complexity index is 641. The molecule has 1 unspecified atom stereocenters. The van der Waals surface area contributed by atoms with E-state index in [2.05, 4.69) is 20.2 Å². The summed E-state index contributed by atoms with van der Waals surface area (Å²) in [7, 11) is 0. The largest absolute Gasteiger partial charge is 0.383 e. The molecule has 3 rings (SSSR count). The fraction of sp³-hybridized carbons (Fsp3) is 0.462. The number of amides is 1. The zero-order valence-corrected chi connectivity index (χ0v) is 12.1. The Morgan fingerprint density at radius 2 is 2.40 bits per heavy atom. The van der Waals surface area contributed by atoms with Crippen molar-refractivity contribution in [3.63, 3.8) is 0 Å². The van der Waals surface area contributed by atoms with E-state index in [0.29, 0.717) is 24.7 Å². The summed E-state index contributed by atoms with van der Waals surface area (Å²) in [5, 5.41) is 5.76. The van der Waals surface area contributed by atoms with Gasteiger partial charge in [-0.1, -0.05) is 6.92 Å². The molecule has 0 spiro atoms. The van der Waals surface area contributed by atoms with Crippen LogP contribution in [0.4, 0.5) is 5.82 Å². The van der Waals surface area contributed by atoms with E-state index in [1.807, 2.05) is 18.4 Å². The molecule has 0 aromatic carbocycles. The van der Waals surface area contributed by atoms with Crippen LogP contribution >= 0.6 is 11.3 Å². The molecule has 3 N–H and O–H groups in total. The van der Waals surface area contributed by atoms with E-state index in [0.717, 1.165) is 23.2 Å². The van der Waals surface area contributed by atoms with Crippen LogP contribution in [0.1, 0.15) is 19.2 Å². The van der Waals surface area contributed by atoms with E-state index >= 15 is 0 Å². The lowest BCUT2D eigenvalue weighted by Gasteiger charge is -2.33. The maximum atomic E-state index is 11.8. The van der Waals surface area contributed by atoms with E-state index in [-0.39, 0.29) is 11.9 Å². The molecular formula is C13H17N5OS. The third-order valence-electron chi connectivity index (χ3n) is 3.57. The van der Waals surface area contributed by atoms with Crippen molar-refractivity contribution in [3.05, 3.63) is 17.3 Å². The van der Waals surface area contributed by atoms with Gasteiger partial charge in [0, 0.05) is 13.1 Å². The molecule has 1 fully saturated rings. The molecule has 1 atom stereocenters. The first-order valence-corrected chi connectivity index (χ1v) is 7.58. The number of nitrogens with zero attached hydrogens (tertiary/aromatic N) is 3. The number of hydrogen-bond donors (Lipinski definition) is 2. The van der Waals surface area contributed by atoms with Gasteiger partial charge < -0.3 is 11.1 Å². The summed E-state index contributed by atoms with van der Waals surface area (Å²) in [5.74, 6) is 1.29. The van der Waals surface area contributed by atoms with E-state index in [9.17, 15) is 4.79 Å². The Morgan fingerprint density at radius 1 is 1.55 bits per heavy atom. The van der Waals surface area contributed by atoms with Crippen molar-refractivity contribution < 1.29 is 4.79 Å². The predicted octanol–water partition coefficient (Wildman–Crippen LogP) is 0.984.